The Morgan fingerprint density at radius 1 is 1.12 bits per heavy atom. The summed E-state index contributed by atoms with van der Waals surface area (Å²) in [5.74, 6) is 0.933. The maximum Gasteiger partial charge on any atom is 0.0252 e. The number of likely N-dealkylation sites (N-methyl/N-ethyl adjacent to an activating group) is 1. The predicted octanol–water partition coefficient (Wildman–Crippen LogP) is 3.03. The lowest BCUT2D eigenvalue weighted by atomic mass is 9.84. The second kappa shape index (κ2) is 6.19. The van der Waals surface area contributed by atoms with Gasteiger partial charge in [0.25, 0.3) is 0 Å². The lowest BCUT2D eigenvalue weighted by Gasteiger charge is -2.46. The van der Waals surface area contributed by atoms with E-state index in [1.165, 1.54) is 45.1 Å². The summed E-state index contributed by atoms with van der Waals surface area (Å²) in [6, 6.07) is 2.36. The predicted molar refractivity (Wildman–Crippen MR) is 74.3 cm³/mol. The van der Waals surface area contributed by atoms with Crippen molar-refractivity contribution in [3.05, 3.63) is 0 Å². The van der Waals surface area contributed by atoms with Crippen LogP contribution in [0.3, 0.4) is 0 Å². The third kappa shape index (κ3) is 3.23. The molecule has 4 atom stereocenters. The molecule has 0 aromatic heterocycles. The van der Waals surface area contributed by atoms with Crippen LogP contribution in [0, 0.1) is 5.92 Å². The highest BCUT2D eigenvalue weighted by atomic mass is 15.2. The normalized spacial score (nSPS) is 40.4. The van der Waals surface area contributed by atoms with Gasteiger partial charge in [0.05, 0.1) is 0 Å². The first-order chi connectivity index (χ1) is 8.22. The van der Waals surface area contributed by atoms with Crippen LogP contribution >= 0.6 is 0 Å². The summed E-state index contributed by atoms with van der Waals surface area (Å²) < 4.78 is 0. The zero-order valence-corrected chi connectivity index (χ0v) is 11.9. The van der Waals surface area contributed by atoms with E-state index in [1.807, 2.05) is 0 Å². The van der Waals surface area contributed by atoms with Crippen molar-refractivity contribution in [3.8, 4) is 0 Å². The Labute approximate surface area is 107 Å². The van der Waals surface area contributed by atoms with E-state index in [2.05, 4.69) is 31.0 Å². The Kier molecular flexibility index (Phi) is 4.87. The smallest absolute Gasteiger partial charge is 0.0252 e. The van der Waals surface area contributed by atoms with Crippen LogP contribution in [0.15, 0.2) is 0 Å². The molecule has 0 aromatic carbocycles. The number of hydrogen-bond donors (Lipinski definition) is 1. The molecule has 1 aliphatic heterocycles. The van der Waals surface area contributed by atoms with E-state index in [0.717, 1.165) is 30.6 Å². The van der Waals surface area contributed by atoms with Crippen molar-refractivity contribution in [2.75, 3.05) is 13.1 Å². The molecule has 2 fully saturated rings. The molecule has 0 spiro atoms. The van der Waals surface area contributed by atoms with E-state index >= 15 is 0 Å². The van der Waals surface area contributed by atoms with Crippen molar-refractivity contribution < 1.29 is 0 Å². The highest BCUT2D eigenvalue weighted by Crippen LogP contribution is 2.30. The van der Waals surface area contributed by atoms with Crippen LogP contribution in [0.25, 0.3) is 0 Å². The van der Waals surface area contributed by atoms with Crippen LogP contribution in [0.5, 0.6) is 0 Å². The van der Waals surface area contributed by atoms with Crippen LogP contribution in [-0.4, -0.2) is 36.1 Å². The molecule has 2 aliphatic rings. The number of hydrogen-bond acceptors (Lipinski definition) is 2. The number of piperidine rings is 1. The average Bonchev–Trinajstić information content (AvgIpc) is 2.31. The molecule has 1 saturated carbocycles. The number of likely N-dealkylation sites (tertiary alicyclic amines) is 1. The topological polar surface area (TPSA) is 15.3 Å². The van der Waals surface area contributed by atoms with Crippen molar-refractivity contribution in [1.29, 1.82) is 0 Å². The summed E-state index contributed by atoms with van der Waals surface area (Å²) in [6.45, 7) is 9.55. The highest BCUT2D eigenvalue weighted by molar-refractivity contribution is 4.92. The van der Waals surface area contributed by atoms with E-state index in [4.69, 9.17) is 0 Å². The van der Waals surface area contributed by atoms with E-state index in [-0.39, 0.29) is 0 Å². The molecule has 4 unspecified atom stereocenters. The first-order valence-electron chi connectivity index (χ1n) is 7.71. The molecule has 0 aromatic rings. The lowest BCUT2D eigenvalue weighted by molar-refractivity contribution is 0.0442. The van der Waals surface area contributed by atoms with Gasteiger partial charge in [0.15, 0.2) is 0 Å². The molecule has 2 nitrogen and oxygen atoms in total. The van der Waals surface area contributed by atoms with Gasteiger partial charge in [-0.15, -0.1) is 0 Å². The monoisotopic (exact) mass is 238 g/mol. The molecule has 2 heteroatoms. The van der Waals surface area contributed by atoms with Gasteiger partial charge in [-0.25, -0.2) is 0 Å². The van der Waals surface area contributed by atoms with Crippen molar-refractivity contribution in [3.63, 3.8) is 0 Å². The molecule has 1 saturated heterocycles. The third-order valence-electron chi connectivity index (χ3n) is 4.81. The number of nitrogens with zero attached hydrogens (tertiary/aromatic N) is 1. The molecular weight excluding hydrogens is 208 g/mol. The Hall–Kier alpha value is -0.0800. The fourth-order valence-corrected chi connectivity index (χ4v) is 3.93. The maximum atomic E-state index is 3.72. The Balaban J connectivity index is 1.97. The molecule has 1 heterocycles. The van der Waals surface area contributed by atoms with Gasteiger partial charge in [-0.3, -0.25) is 4.90 Å². The molecule has 2 rings (SSSR count). The minimum absolute atomic E-state index is 0.754. The van der Waals surface area contributed by atoms with Gasteiger partial charge in [0.1, 0.15) is 0 Å². The van der Waals surface area contributed by atoms with Crippen molar-refractivity contribution in [1.82, 2.24) is 10.2 Å². The SMILES string of the molecule is CCNC1CCCCC1N1CCC(C)CC1C. The van der Waals surface area contributed by atoms with Crippen LogP contribution in [0.4, 0.5) is 0 Å². The first kappa shape index (κ1) is 13.4. The van der Waals surface area contributed by atoms with Crippen LogP contribution in [0.1, 0.15) is 59.3 Å². The summed E-state index contributed by atoms with van der Waals surface area (Å²) in [5.41, 5.74) is 0. The van der Waals surface area contributed by atoms with Crippen LogP contribution in [-0.2, 0) is 0 Å². The quantitative estimate of drug-likeness (QED) is 0.813. The summed E-state index contributed by atoms with van der Waals surface area (Å²) in [4.78, 5) is 2.81. The maximum absolute atomic E-state index is 3.72. The molecule has 0 amide bonds. The highest BCUT2D eigenvalue weighted by Gasteiger charge is 2.34. The van der Waals surface area contributed by atoms with E-state index in [1.54, 1.807) is 0 Å². The van der Waals surface area contributed by atoms with E-state index in [9.17, 15) is 0 Å². The Morgan fingerprint density at radius 2 is 1.88 bits per heavy atom. The Bertz CT molecular complexity index is 227. The minimum atomic E-state index is 0.754. The standard InChI is InChI=1S/C15H30N2/c1-4-16-14-7-5-6-8-15(14)17-10-9-12(2)11-13(17)3/h12-16H,4-11H2,1-3H3. The molecular formula is C15H30N2. The van der Waals surface area contributed by atoms with Crippen molar-refractivity contribution in [2.24, 2.45) is 5.92 Å². The van der Waals surface area contributed by atoms with Gasteiger partial charge in [0.2, 0.25) is 0 Å². The summed E-state index contributed by atoms with van der Waals surface area (Å²) in [6.07, 6.45) is 8.46. The number of nitrogens with one attached hydrogen (secondary N) is 1. The summed E-state index contributed by atoms with van der Waals surface area (Å²) >= 11 is 0. The van der Waals surface area contributed by atoms with Crippen molar-refractivity contribution in [2.45, 2.75) is 77.4 Å². The average molecular weight is 238 g/mol. The molecule has 0 bridgehead atoms. The fourth-order valence-electron chi connectivity index (χ4n) is 3.93. The van der Waals surface area contributed by atoms with Crippen LogP contribution < -0.4 is 5.32 Å². The molecule has 1 aliphatic carbocycles. The van der Waals surface area contributed by atoms with Gasteiger partial charge < -0.3 is 5.32 Å². The van der Waals surface area contributed by atoms with Gasteiger partial charge in [-0.2, -0.15) is 0 Å². The second-order valence-corrected chi connectivity index (χ2v) is 6.23. The molecule has 17 heavy (non-hydrogen) atoms. The largest absolute Gasteiger partial charge is 0.313 e. The van der Waals surface area contributed by atoms with Crippen LogP contribution in [0.2, 0.25) is 0 Å². The summed E-state index contributed by atoms with van der Waals surface area (Å²) in [5, 5.41) is 3.72. The summed E-state index contributed by atoms with van der Waals surface area (Å²) in [7, 11) is 0. The Morgan fingerprint density at radius 3 is 2.59 bits per heavy atom. The van der Waals surface area contributed by atoms with Crippen molar-refractivity contribution >= 4 is 0 Å². The van der Waals surface area contributed by atoms with Gasteiger partial charge in [0, 0.05) is 18.1 Å². The zero-order valence-electron chi connectivity index (χ0n) is 11.9. The zero-order chi connectivity index (χ0) is 12.3. The van der Waals surface area contributed by atoms with E-state index in [0.29, 0.717) is 0 Å². The molecule has 1 N–H and O–H groups in total. The van der Waals surface area contributed by atoms with E-state index < -0.39 is 0 Å². The minimum Gasteiger partial charge on any atom is -0.313 e. The number of rotatable bonds is 3. The fraction of sp³-hybridized carbons (Fsp3) is 1.00. The first-order valence-corrected chi connectivity index (χ1v) is 7.71. The van der Waals surface area contributed by atoms with Gasteiger partial charge in [-0.05, 0) is 51.6 Å². The third-order valence-corrected chi connectivity index (χ3v) is 4.81. The molecule has 100 valence electrons. The van der Waals surface area contributed by atoms with Gasteiger partial charge in [-0.1, -0.05) is 26.7 Å². The second-order valence-electron chi connectivity index (χ2n) is 6.23. The lowest BCUT2D eigenvalue weighted by Crippen LogP contribution is -2.56. The van der Waals surface area contributed by atoms with Gasteiger partial charge >= 0.3 is 0 Å². The molecule has 0 radical (unpaired) electrons.